The second-order valence-corrected chi connectivity index (χ2v) is 5.52. The van der Waals surface area contributed by atoms with E-state index in [1.165, 1.54) is 0 Å². The van der Waals surface area contributed by atoms with Crippen LogP contribution in [0.25, 0.3) is 0 Å². The third-order valence-electron chi connectivity index (χ3n) is 3.96. The molecule has 8 nitrogen and oxygen atoms in total. The van der Waals surface area contributed by atoms with Gasteiger partial charge in [-0.05, 0) is 18.9 Å². The zero-order valence-electron chi connectivity index (χ0n) is 13.3. The third kappa shape index (κ3) is 3.95. The largest absolute Gasteiger partial charge is 0.466 e. The van der Waals surface area contributed by atoms with Crippen LogP contribution in [0, 0.1) is 5.92 Å². The van der Waals surface area contributed by atoms with Gasteiger partial charge in [-0.1, -0.05) is 30.3 Å². The van der Waals surface area contributed by atoms with Crippen LogP contribution in [0.2, 0.25) is 0 Å². The number of hydrogen-bond donors (Lipinski definition) is 2. The van der Waals surface area contributed by atoms with Crippen molar-refractivity contribution in [3.05, 3.63) is 35.9 Å². The van der Waals surface area contributed by atoms with Crippen LogP contribution in [-0.4, -0.2) is 57.6 Å². The molecular formula is C16H20N2O6. The van der Waals surface area contributed by atoms with Gasteiger partial charge in [0.1, 0.15) is 0 Å². The molecule has 1 fully saturated rings. The minimum atomic E-state index is -1.36. The van der Waals surface area contributed by atoms with Crippen LogP contribution in [-0.2, 0) is 16.0 Å². The van der Waals surface area contributed by atoms with Gasteiger partial charge in [0.25, 0.3) is 0 Å². The lowest BCUT2D eigenvalue weighted by Gasteiger charge is -2.28. The molecule has 2 N–H and O–H groups in total. The van der Waals surface area contributed by atoms with Crippen molar-refractivity contribution in [1.82, 2.24) is 10.0 Å². The van der Waals surface area contributed by atoms with Gasteiger partial charge in [-0.2, -0.15) is 0 Å². The average molecular weight is 336 g/mol. The van der Waals surface area contributed by atoms with Crippen molar-refractivity contribution in [2.24, 2.45) is 5.92 Å². The van der Waals surface area contributed by atoms with E-state index < -0.39 is 30.1 Å². The molecule has 2 amide bonds. The Morgan fingerprint density at radius 2 is 1.83 bits per heavy atom. The van der Waals surface area contributed by atoms with Crippen LogP contribution in [0.5, 0.6) is 0 Å². The number of benzene rings is 1. The van der Waals surface area contributed by atoms with Crippen molar-refractivity contribution < 1.29 is 29.3 Å². The molecule has 2 rings (SSSR count). The van der Waals surface area contributed by atoms with Crippen molar-refractivity contribution in [2.75, 3.05) is 13.2 Å². The molecule has 0 bridgehead atoms. The number of hydrogen-bond acceptors (Lipinski definition) is 4. The second kappa shape index (κ2) is 7.67. The number of rotatable bonds is 5. The van der Waals surface area contributed by atoms with E-state index in [0.717, 1.165) is 15.6 Å². The summed E-state index contributed by atoms with van der Waals surface area (Å²) < 4.78 is 4.92. The highest BCUT2D eigenvalue weighted by molar-refractivity contribution is 5.74. The number of ether oxygens (including phenoxy) is 1. The van der Waals surface area contributed by atoms with E-state index >= 15 is 0 Å². The molecule has 1 aromatic carbocycles. The Morgan fingerprint density at radius 1 is 1.17 bits per heavy atom. The average Bonchev–Trinajstić information content (AvgIpc) is 2.87. The quantitative estimate of drug-likeness (QED) is 0.797. The highest BCUT2D eigenvalue weighted by Crippen LogP contribution is 2.30. The SMILES string of the molecule is CCOC(=O)C[C@H]1CN(C(=O)O)N(C(=O)O)[C@@H]1Cc1ccccc1. The van der Waals surface area contributed by atoms with Crippen molar-refractivity contribution >= 4 is 18.2 Å². The van der Waals surface area contributed by atoms with E-state index in [1.807, 2.05) is 30.3 Å². The van der Waals surface area contributed by atoms with Crippen LogP contribution in [0.1, 0.15) is 18.9 Å². The van der Waals surface area contributed by atoms with Crippen LogP contribution in [0.4, 0.5) is 9.59 Å². The monoisotopic (exact) mass is 336 g/mol. The lowest BCUT2D eigenvalue weighted by atomic mass is 9.92. The maximum absolute atomic E-state index is 11.8. The van der Waals surface area contributed by atoms with Crippen molar-refractivity contribution in [3.63, 3.8) is 0 Å². The van der Waals surface area contributed by atoms with Crippen LogP contribution < -0.4 is 0 Å². The Morgan fingerprint density at radius 3 is 2.38 bits per heavy atom. The van der Waals surface area contributed by atoms with Crippen molar-refractivity contribution in [2.45, 2.75) is 25.8 Å². The van der Waals surface area contributed by atoms with E-state index in [1.54, 1.807) is 6.92 Å². The number of carbonyl (C=O) groups is 3. The lowest BCUT2D eigenvalue weighted by Crippen LogP contribution is -2.48. The van der Waals surface area contributed by atoms with E-state index in [2.05, 4.69) is 0 Å². The Kier molecular flexibility index (Phi) is 5.62. The molecule has 0 aromatic heterocycles. The van der Waals surface area contributed by atoms with Gasteiger partial charge >= 0.3 is 18.2 Å². The van der Waals surface area contributed by atoms with Crippen molar-refractivity contribution in [1.29, 1.82) is 0 Å². The fourth-order valence-corrected chi connectivity index (χ4v) is 2.97. The molecule has 1 heterocycles. The first kappa shape index (κ1) is 17.6. The summed E-state index contributed by atoms with van der Waals surface area (Å²) in [6.45, 7) is 1.85. The first-order valence-corrected chi connectivity index (χ1v) is 7.66. The van der Waals surface area contributed by atoms with E-state index in [4.69, 9.17) is 4.74 Å². The van der Waals surface area contributed by atoms with Gasteiger partial charge in [0.05, 0.1) is 25.6 Å². The molecule has 130 valence electrons. The molecule has 0 saturated carbocycles. The normalized spacial score (nSPS) is 20.0. The predicted octanol–water partition coefficient (Wildman–Crippen LogP) is 2.06. The zero-order valence-corrected chi connectivity index (χ0v) is 13.3. The van der Waals surface area contributed by atoms with Gasteiger partial charge in [-0.3, -0.25) is 4.79 Å². The van der Waals surface area contributed by atoms with Gasteiger partial charge in [-0.15, -0.1) is 0 Å². The molecule has 0 spiro atoms. The molecular weight excluding hydrogens is 316 g/mol. The fourth-order valence-electron chi connectivity index (χ4n) is 2.97. The van der Waals surface area contributed by atoms with Gasteiger partial charge in [0.2, 0.25) is 0 Å². The third-order valence-corrected chi connectivity index (χ3v) is 3.96. The van der Waals surface area contributed by atoms with Gasteiger partial charge < -0.3 is 14.9 Å². The van der Waals surface area contributed by atoms with Gasteiger partial charge in [0, 0.05) is 5.92 Å². The summed E-state index contributed by atoms with van der Waals surface area (Å²) in [6, 6.07) is 8.52. The highest BCUT2D eigenvalue weighted by Gasteiger charge is 2.46. The van der Waals surface area contributed by atoms with E-state index in [0.29, 0.717) is 6.42 Å². The number of hydrazine groups is 1. The maximum Gasteiger partial charge on any atom is 0.426 e. The Bertz CT molecular complexity index is 606. The molecule has 1 aliphatic heterocycles. The molecule has 0 aliphatic carbocycles. The molecule has 1 saturated heterocycles. The van der Waals surface area contributed by atoms with Crippen LogP contribution in [0.15, 0.2) is 30.3 Å². The Labute approximate surface area is 139 Å². The molecule has 8 heteroatoms. The summed E-state index contributed by atoms with van der Waals surface area (Å²) in [5.41, 5.74) is 0.870. The first-order chi connectivity index (χ1) is 11.4. The summed E-state index contributed by atoms with van der Waals surface area (Å²) in [5, 5.41) is 20.3. The van der Waals surface area contributed by atoms with Crippen LogP contribution >= 0.6 is 0 Å². The predicted molar refractivity (Wildman–Crippen MR) is 83.3 cm³/mol. The van der Waals surface area contributed by atoms with Crippen LogP contribution in [0.3, 0.4) is 0 Å². The molecule has 1 aromatic rings. The molecule has 2 atom stereocenters. The van der Waals surface area contributed by atoms with Gasteiger partial charge in [0.15, 0.2) is 0 Å². The standard InChI is InChI=1S/C16H20N2O6/c1-2-24-14(19)9-12-10-17(15(20)21)18(16(22)23)13(12)8-11-6-4-3-5-7-11/h3-7,12-13H,2,8-10H2,1H3,(H,20,21)(H,22,23)/t12-,13+/m0/s1. The molecule has 1 aliphatic rings. The molecule has 0 unspecified atom stereocenters. The topological polar surface area (TPSA) is 107 Å². The highest BCUT2D eigenvalue weighted by atomic mass is 16.5. The molecule has 24 heavy (non-hydrogen) atoms. The molecule has 0 radical (unpaired) electrons. The minimum absolute atomic E-state index is 0.0289. The summed E-state index contributed by atoms with van der Waals surface area (Å²) in [6.07, 6.45) is -2.42. The first-order valence-electron chi connectivity index (χ1n) is 7.66. The minimum Gasteiger partial charge on any atom is -0.466 e. The second-order valence-electron chi connectivity index (χ2n) is 5.52. The Hall–Kier alpha value is -2.77. The van der Waals surface area contributed by atoms with Gasteiger partial charge in [-0.25, -0.2) is 19.6 Å². The van der Waals surface area contributed by atoms with E-state index in [-0.39, 0.29) is 19.6 Å². The summed E-state index contributed by atoms with van der Waals surface area (Å²) in [7, 11) is 0. The number of nitrogens with zero attached hydrogens (tertiary/aromatic N) is 2. The maximum atomic E-state index is 11.8. The summed E-state index contributed by atoms with van der Waals surface area (Å²) in [5.74, 6) is -0.922. The van der Waals surface area contributed by atoms with Crippen molar-refractivity contribution in [3.8, 4) is 0 Å². The smallest absolute Gasteiger partial charge is 0.426 e. The summed E-state index contributed by atoms with van der Waals surface area (Å²) in [4.78, 5) is 34.8. The lowest BCUT2D eigenvalue weighted by molar-refractivity contribution is -0.144. The number of carbonyl (C=O) groups excluding carboxylic acids is 1. The number of esters is 1. The van der Waals surface area contributed by atoms with E-state index in [9.17, 15) is 24.6 Å². The number of carboxylic acid groups (broad SMARTS) is 2. The fraction of sp³-hybridized carbons (Fsp3) is 0.438. The summed E-state index contributed by atoms with van der Waals surface area (Å²) >= 11 is 0. The number of amides is 2. The zero-order chi connectivity index (χ0) is 17.7. The Balaban J connectivity index is 2.26.